The molecule has 0 aliphatic heterocycles. The lowest BCUT2D eigenvalue weighted by atomic mass is 9.95. The predicted octanol–water partition coefficient (Wildman–Crippen LogP) is 3.70. The van der Waals surface area contributed by atoms with Gasteiger partial charge in [0.25, 0.3) is 0 Å². The van der Waals surface area contributed by atoms with Crippen LogP contribution in [0.1, 0.15) is 22.3 Å². The van der Waals surface area contributed by atoms with E-state index >= 15 is 0 Å². The Morgan fingerprint density at radius 1 is 1.17 bits per heavy atom. The molecule has 0 bridgehead atoms. The number of hydrogen-bond acceptors (Lipinski definition) is 5. The first-order valence-electron chi connectivity index (χ1n) is 8.37. The van der Waals surface area contributed by atoms with Crippen LogP contribution in [0.15, 0.2) is 30.3 Å². The monoisotopic (exact) mass is 431 g/mol. The Morgan fingerprint density at radius 3 is 2.28 bits per heavy atom. The largest absolute Gasteiger partial charge is 0.506 e. The molecule has 0 aromatic heterocycles. The fourth-order valence-electron chi connectivity index (χ4n) is 2.68. The average molecular weight is 431 g/mol. The van der Waals surface area contributed by atoms with Gasteiger partial charge in [0.05, 0.1) is 5.69 Å². The highest BCUT2D eigenvalue weighted by Gasteiger charge is 2.39. The van der Waals surface area contributed by atoms with Gasteiger partial charge < -0.3 is 24.9 Å². The molecule has 2 aromatic carbocycles. The number of aryl methyl sites for hydroxylation is 2. The average Bonchev–Trinajstić information content (AvgIpc) is 2.57. The normalized spacial score (nSPS) is 12.0. The van der Waals surface area contributed by atoms with E-state index in [0.717, 1.165) is 16.7 Å². The molecule has 1 amide bonds. The van der Waals surface area contributed by atoms with Crippen LogP contribution in [0.5, 0.6) is 11.5 Å². The van der Waals surface area contributed by atoms with Crippen molar-refractivity contribution >= 4 is 25.2 Å². The van der Waals surface area contributed by atoms with Crippen molar-refractivity contribution in [2.75, 3.05) is 11.7 Å². The second-order valence-electron chi connectivity index (χ2n) is 6.67. The smallest absolute Gasteiger partial charge is 0.471 e. The highest BCUT2D eigenvalue weighted by molar-refractivity contribution is 7.62. The molecule has 158 valence electrons. The second-order valence-corrected chi connectivity index (χ2v) is 8.68. The maximum Gasteiger partial charge on any atom is 0.471 e. The van der Waals surface area contributed by atoms with Gasteiger partial charge in [-0.05, 0) is 73.1 Å². The molecule has 0 aliphatic rings. The Labute approximate surface area is 165 Å². The van der Waals surface area contributed by atoms with Crippen molar-refractivity contribution in [2.24, 2.45) is 0 Å². The zero-order valence-corrected chi connectivity index (χ0v) is 16.6. The summed E-state index contributed by atoms with van der Waals surface area (Å²) < 4.78 is 42.7. The van der Waals surface area contributed by atoms with Gasteiger partial charge in [-0.25, -0.2) is 0 Å². The van der Waals surface area contributed by atoms with Crippen LogP contribution < -0.4 is 10.1 Å². The van der Waals surface area contributed by atoms with Gasteiger partial charge in [0.2, 0.25) is 0 Å². The number of alkyl halides is 3. The molecule has 0 fully saturated rings. The third-order valence-electron chi connectivity index (χ3n) is 4.06. The molecule has 0 saturated heterocycles. The molecule has 2 rings (SSSR count). The molecule has 10 heteroatoms. The third kappa shape index (κ3) is 6.52. The Bertz CT molecular complexity index is 946. The molecular weight excluding hydrogens is 410 g/mol. The lowest BCUT2D eigenvalue weighted by Gasteiger charge is -2.16. The summed E-state index contributed by atoms with van der Waals surface area (Å²) in [7, 11) is -3.32. The summed E-state index contributed by atoms with van der Waals surface area (Å²) in [5.41, 5.74) is 2.76. The van der Waals surface area contributed by atoms with Crippen LogP contribution >= 0.6 is 7.34 Å². The molecule has 0 atom stereocenters. The fourth-order valence-corrected chi connectivity index (χ4v) is 3.04. The summed E-state index contributed by atoms with van der Waals surface area (Å²) >= 11 is 0. The summed E-state index contributed by atoms with van der Waals surface area (Å²) in [4.78, 5) is 29.8. The zero-order valence-electron chi connectivity index (χ0n) is 15.7. The van der Waals surface area contributed by atoms with Gasteiger partial charge in [0.15, 0.2) is 6.35 Å². The van der Waals surface area contributed by atoms with Gasteiger partial charge in [-0.2, -0.15) is 13.2 Å². The highest BCUT2D eigenvalue weighted by Crippen LogP contribution is 2.35. The Kier molecular flexibility index (Phi) is 6.67. The molecule has 0 aliphatic carbocycles. The molecule has 29 heavy (non-hydrogen) atoms. The number of nitrogens with one attached hydrogen (secondary N) is 1. The van der Waals surface area contributed by atoms with E-state index in [1.54, 1.807) is 23.5 Å². The Hall–Kier alpha value is -2.48. The SMILES string of the molecule is C=P(O)(O)COc1cc(C)c(Cc2ccc(O)c(NC(=O)C(F)(F)F)c2)c(C)c1. The molecule has 0 spiro atoms. The number of phenolic OH excluding ortho intramolecular Hbond substituents is 1. The minimum atomic E-state index is -5.07. The predicted molar refractivity (Wildman–Crippen MR) is 105 cm³/mol. The summed E-state index contributed by atoms with van der Waals surface area (Å²) in [6.45, 7) is 3.62. The number of anilines is 1. The third-order valence-corrected chi connectivity index (χ3v) is 4.60. The van der Waals surface area contributed by atoms with Crippen LogP contribution in [0.3, 0.4) is 0 Å². The molecule has 0 unspecified atom stereocenters. The second kappa shape index (κ2) is 8.49. The number of hydrogen-bond donors (Lipinski definition) is 4. The molecule has 2 aromatic rings. The van der Waals surface area contributed by atoms with Crippen LogP contribution in [0.2, 0.25) is 0 Å². The van der Waals surface area contributed by atoms with Gasteiger partial charge in [0.1, 0.15) is 18.8 Å². The number of carbonyl (C=O) groups is 1. The van der Waals surface area contributed by atoms with Crippen molar-refractivity contribution in [3.63, 3.8) is 0 Å². The zero-order chi connectivity index (χ0) is 22.0. The number of rotatable bonds is 6. The number of amides is 1. The van der Waals surface area contributed by atoms with Gasteiger partial charge in [-0.3, -0.25) is 4.79 Å². The van der Waals surface area contributed by atoms with E-state index in [-0.39, 0.29) is 12.0 Å². The Balaban J connectivity index is 2.24. The topological polar surface area (TPSA) is 99.0 Å². The van der Waals surface area contributed by atoms with Gasteiger partial charge in [-0.15, -0.1) is 0 Å². The van der Waals surface area contributed by atoms with E-state index < -0.39 is 25.2 Å². The van der Waals surface area contributed by atoms with E-state index in [1.807, 2.05) is 13.8 Å². The maximum atomic E-state index is 12.5. The van der Waals surface area contributed by atoms with E-state index in [0.29, 0.717) is 17.7 Å². The van der Waals surface area contributed by atoms with E-state index in [2.05, 4.69) is 6.30 Å². The molecule has 0 saturated carbocycles. The summed E-state index contributed by atoms with van der Waals surface area (Å²) in [6.07, 6.45) is -1.82. The first-order chi connectivity index (χ1) is 13.3. The Morgan fingerprint density at radius 2 is 1.76 bits per heavy atom. The van der Waals surface area contributed by atoms with Gasteiger partial charge in [-0.1, -0.05) is 6.07 Å². The highest BCUT2D eigenvalue weighted by atomic mass is 31.2. The van der Waals surface area contributed by atoms with Gasteiger partial charge in [0, 0.05) is 0 Å². The first kappa shape index (κ1) is 22.8. The molecular formula is C19H21F3NO5P. The number of halogens is 3. The van der Waals surface area contributed by atoms with Crippen molar-refractivity contribution in [1.29, 1.82) is 0 Å². The summed E-state index contributed by atoms with van der Waals surface area (Å²) in [5, 5.41) is 11.4. The molecule has 4 N–H and O–H groups in total. The van der Waals surface area contributed by atoms with E-state index in [1.165, 1.54) is 12.1 Å². The standard InChI is InChI=1S/C19H21F3NO5P/c1-11-6-14(28-10-29(3,26)27)7-12(2)15(11)8-13-4-5-17(24)16(9-13)23-18(25)19(20,21)22/h4-7,9,24,26-27H,3,8,10H2,1-2H3,(H,23,25). The van der Waals surface area contributed by atoms with Crippen molar-refractivity contribution in [1.82, 2.24) is 0 Å². The number of aromatic hydroxyl groups is 1. The summed E-state index contributed by atoms with van der Waals surface area (Å²) in [6, 6.07) is 7.43. The van der Waals surface area contributed by atoms with Crippen molar-refractivity contribution < 1.29 is 37.6 Å². The number of carbonyl (C=O) groups excluding carboxylic acids is 1. The minimum Gasteiger partial charge on any atom is -0.506 e. The van der Waals surface area contributed by atoms with Crippen LogP contribution in [0, 0.1) is 13.8 Å². The van der Waals surface area contributed by atoms with Gasteiger partial charge >= 0.3 is 12.1 Å². The van der Waals surface area contributed by atoms with Crippen LogP contribution in [-0.2, 0) is 11.2 Å². The molecule has 0 heterocycles. The van der Waals surface area contributed by atoms with Crippen molar-refractivity contribution in [2.45, 2.75) is 26.4 Å². The number of ether oxygens (including phenoxy) is 1. The maximum absolute atomic E-state index is 12.5. The summed E-state index contributed by atoms with van der Waals surface area (Å²) in [5.74, 6) is -2.21. The lowest BCUT2D eigenvalue weighted by molar-refractivity contribution is -0.167. The molecule has 6 nitrogen and oxygen atoms in total. The van der Waals surface area contributed by atoms with Crippen molar-refractivity contribution in [3.05, 3.63) is 52.6 Å². The number of phenols is 1. The minimum absolute atomic E-state index is 0.314. The first-order valence-corrected chi connectivity index (χ1v) is 10.4. The quantitative estimate of drug-likeness (QED) is 0.413. The van der Waals surface area contributed by atoms with Crippen LogP contribution in [-0.4, -0.2) is 39.6 Å². The van der Waals surface area contributed by atoms with E-state index in [9.17, 15) is 32.9 Å². The lowest BCUT2D eigenvalue weighted by Crippen LogP contribution is -2.29. The van der Waals surface area contributed by atoms with Crippen molar-refractivity contribution in [3.8, 4) is 11.5 Å². The number of benzene rings is 2. The van der Waals surface area contributed by atoms with Crippen LogP contribution in [0.25, 0.3) is 0 Å². The fraction of sp³-hybridized carbons (Fsp3) is 0.263. The van der Waals surface area contributed by atoms with E-state index in [4.69, 9.17) is 4.74 Å². The van der Waals surface area contributed by atoms with Crippen LogP contribution in [0.4, 0.5) is 18.9 Å². The molecule has 0 radical (unpaired) electrons.